The van der Waals surface area contributed by atoms with E-state index in [1.165, 1.54) is 16.7 Å². The van der Waals surface area contributed by atoms with Gasteiger partial charge in [0.05, 0.1) is 31.3 Å². The highest BCUT2D eigenvalue weighted by Crippen LogP contribution is 2.34. The summed E-state index contributed by atoms with van der Waals surface area (Å²) in [7, 11) is 1.70. The molecule has 0 bridgehead atoms. The van der Waals surface area contributed by atoms with E-state index in [1.54, 1.807) is 12.0 Å². The van der Waals surface area contributed by atoms with Crippen LogP contribution in [-0.2, 0) is 24.2 Å². The first-order valence-electron chi connectivity index (χ1n) is 7.54. The van der Waals surface area contributed by atoms with Crippen LogP contribution in [0.4, 0.5) is 0 Å². The molecule has 114 valence electrons. The molecular formula is C19H17N3O. The van der Waals surface area contributed by atoms with Crippen molar-refractivity contribution in [1.82, 2.24) is 4.90 Å². The van der Waals surface area contributed by atoms with Gasteiger partial charge < -0.3 is 9.64 Å². The summed E-state index contributed by atoms with van der Waals surface area (Å²) in [6.07, 6.45) is 3.08. The Hall–Kier alpha value is -2.82. The lowest BCUT2D eigenvalue weighted by Crippen LogP contribution is -2.07. The van der Waals surface area contributed by atoms with Gasteiger partial charge in [-0.25, -0.2) is 0 Å². The number of ether oxygens (including phenoxy) is 1. The summed E-state index contributed by atoms with van der Waals surface area (Å²) in [5.41, 5.74) is 6.51. The van der Waals surface area contributed by atoms with Gasteiger partial charge in [0.15, 0.2) is 6.19 Å². The average Bonchev–Trinajstić information content (AvgIpc) is 3.02. The van der Waals surface area contributed by atoms with Gasteiger partial charge in [0.2, 0.25) is 0 Å². The van der Waals surface area contributed by atoms with Crippen LogP contribution in [0, 0.1) is 22.8 Å². The van der Waals surface area contributed by atoms with Gasteiger partial charge in [-0.15, -0.1) is 0 Å². The normalized spacial score (nSPS) is 12.6. The smallest absolute Gasteiger partial charge is 0.179 e. The van der Waals surface area contributed by atoms with Crippen molar-refractivity contribution < 1.29 is 4.74 Å². The summed E-state index contributed by atoms with van der Waals surface area (Å²) >= 11 is 0. The van der Waals surface area contributed by atoms with E-state index in [-0.39, 0.29) is 0 Å². The summed E-state index contributed by atoms with van der Waals surface area (Å²) in [4.78, 5) is 1.76. The standard InChI is InChI=1S/C19H17N3O/c1-23-7-6-15-8-17-11-22(13-21)12-19(17)18(9-15)16-4-2-14(10-20)3-5-16/h2-5,8-9H,6-7,11-12H2,1H3. The second-order valence-corrected chi connectivity index (χ2v) is 5.67. The lowest BCUT2D eigenvalue weighted by molar-refractivity contribution is 0.202. The third-order valence-electron chi connectivity index (χ3n) is 4.17. The van der Waals surface area contributed by atoms with Crippen LogP contribution in [0.15, 0.2) is 36.4 Å². The molecule has 0 saturated heterocycles. The van der Waals surface area contributed by atoms with E-state index in [4.69, 9.17) is 10.00 Å². The van der Waals surface area contributed by atoms with Crippen molar-refractivity contribution in [3.05, 3.63) is 58.7 Å². The molecule has 0 fully saturated rings. The Balaban J connectivity index is 2.05. The molecule has 0 unspecified atom stereocenters. The van der Waals surface area contributed by atoms with Crippen LogP contribution in [0.1, 0.15) is 22.3 Å². The summed E-state index contributed by atoms with van der Waals surface area (Å²) in [6.45, 7) is 1.98. The molecule has 2 aromatic rings. The number of nitrogens with zero attached hydrogens (tertiary/aromatic N) is 3. The molecule has 0 amide bonds. The second-order valence-electron chi connectivity index (χ2n) is 5.67. The fourth-order valence-corrected chi connectivity index (χ4v) is 3.00. The number of rotatable bonds is 4. The first-order valence-corrected chi connectivity index (χ1v) is 7.54. The van der Waals surface area contributed by atoms with Crippen LogP contribution in [0.2, 0.25) is 0 Å². The number of benzene rings is 2. The van der Waals surface area contributed by atoms with Crippen molar-refractivity contribution in [2.24, 2.45) is 0 Å². The number of fused-ring (bicyclic) bond motifs is 1. The van der Waals surface area contributed by atoms with Crippen LogP contribution in [-0.4, -0.2) is 18.6 Å². The Morgan fingerprint density at radius 1 is 1.13 bits per heavy atom. The maximum Gasteiger partial charge on any atom is 0.179 e. The molecule has 4 heteroatoms. The fraction of sp³-hybridized carbons (Fsp3) is 0.263. The topological polar surface area (TPSA) is 60.0 Å². The van der Waals surface area contributed by atoms with Gasteiger partial charge in [-0.3, -0.25) is 0 Å². The molecule has 0 N–H and O–H groups in total. The van der Waals surface area contributed by atoms with Crippen LogP contribution in [0.3, 0.4) is 0 Å². The minimum absolute atomic E-state index is 0.645. The maximum atomic E-state index is 9.20. The molecule has 0 radical (unpaired) electrons. The van der Waals surface area contributed by atoms with Gasteiger partial charge >= 0.3 is 0 Å². The van der Waals surface area contributed by atoms with Crippen LogP contribution >= 0.6 is 0 Å². The lowest BCUT2D eigenvalue weighted by atomic mass is 9.93. The summed E-state index contributed by atoms with van der Waals surface area (Å²) < 4.78 is 5.18. The maximum absolute atomic E-state index is 9.20. The van der Waals surface area contributed by atoms with E-state index in [1.807, 2.05) is 24.3 Å². The summed E-state index contributed by atoms with van der Waals surface area (Å²) in [5.74, 6) is 0. The second kappa shape index (κ2) is 6.52. The van der Waals surface area contributed by atoms with Crippen molar-refractivity contribution in [1.29, 1.82) is 10.5 Å². The van der Waals surface area contributed by atoms with Gasteiger partial charge in [0.25, 0.3) is 0 Å². The highest BCUT2D eigenvalue weighted by molar-refractivity contribution is 5.71. The Morgan fingerprint density at radius 3 is 2.57 bits per heavy atom. The Labute approximate surface area is 136 Å². The lowest BCUT2D eigenvalue weighted by Gasteiger charge is -2.12. The molecule has 0 aliphatic carbocycles. The molecule has 1 aliphatic rings. The molecule has 1 heterocycles. The number of methoxy groups -OCH3 is 1. The van der Waals surface area contributed by atoms with Crippen molar-refractivity contribution in [3.8, 4) is 23.4 Å². The molecule has 2 aromatic carbocycles. The van der Waals surface area contributed by atoms with Gasteiger partial charge in [0.1, 0.15) is 0 Å². The number of hydrogen-bond donors (Lipinski definition) is 0. The van der Waals surface area contributed by atoms with E-state index in [9.17, 15) is 5.26 Å². The summed E-state index contributed by atoms with van der Waals surface area (Å²) in [5, 5.41) is 18.2. The Kier molecular flexibility index (Phi) is 4.28. The third kappa shape index (κ3) is 3.04. The Morgan fingerprint density at radius 2 is 1.91 bits per heavy atom. The van der Waals surface area contributed by atoms with E-state index in [2.05, 4.69) is 24.4 Å². The molecule has 0 saturated carbocycles. The van der Waals surface area contributed by atoms with Crippen molar-refractivity contribution in [2.45, 2.75) is 19.5 Å². The van der Waals surface area contributed by atoms with Crippen LogP contribution in [0.5, 0.6) is 0 Å². The molecule has 1 aliphatic heterocycles. The quantitative estimate of drug-likeness (QED) is 0.814. The largest absolute Gasteiger partial charge is 0.384 e. The SMILES string of the molecule is COCCc1cc2c(c(-c3ccc(C#N)cc3)c1)CN(C#N)C2. The third-order valence-corrected chi connectivity index (χ3v) is 4.17. The fourth-order valence-electron chi connectivity index (χ4n) is 3.00. The van der Waals surface area contributed by atoms with Crippen LogP contribution in [0.25, 0.3) is 11.1 Å². The molecule has 0 atom stereocenters. The van der Waals surface area contributed by atoms with E-state index in [0.29, 0.717) is 25.3 Å². The van der Waals surface area contributed by atoms with Gasteiger partial charge in [-0.2, -0.15) is 10.5 Å². The van der Waals surface area contributed by atoms with E-state index >= 15 is 0 Å². The first-order chi connectivity index (χ1) is 11.2. The monoisotopic (exact) mass is 303 g/mol. The van der Waals surface area contributed by atoms with Crippen molar-refractivity contribution in [2.75, 3.05) is 13.7 Å². The van der Waals surface area contributed by atoms with E-state index < -0.39 is 0 Å². The van der Waals surface area contributed by atoms with Gasteiger partial charge in [-0.05, 0) is 46.4 Å². The number of nitriles is 2. The van der Waals surface area contributed by atoms with Gasteiger partial charge in [0, 0.05) is 7.11 Å². The highest BCUT2D eigenvalue weighted by atomic mass is 16.5. The Bertz CT molecular complexity index is 797. The predicted molar refractivity (Wildman–Crippen MR) is 87.0 cm³/mol. The van der Waals surface area contributed by atoms with Crippen molar-refractivity contribution in [3.63, 3.8) is 0 Å². The zero-order valence-electron chi connectivity index (χ0n) is 13.0. The average molecular weight is 303 g/mol. The van der Waals surface area contributed by atoms with E-state index in [0.717, 1.165) is 17.5 Å². The highest BCUT2D eigenvalue weighted by Gasteiger charge is 2.22. The molecular weight excluding hydrogens is 286 g/mol. The predicted octanol–water partition coefficient (Wildman–Crippen LogP) is 3.21. The minimum atomic E-state index is 0.645. The minimum Gasteiger partial charge on any atom is -0.384 e. The zero-order valence-corrected chi connectivity index (χ0v) is 13.0. The molecule has 4 nitrogen and oxygen atoms in total. The number of hydrogen-bond acceptors (Lipinski definition) is 4. The van der Waals surface area contributed by atoms with Crippen LogP contribution < -0.4 is 0 Å². The summed E-state index contributed by atoms with van der Waals surface area (Å²) in [6, 6.07) is 14.1. The molecule has 0 spiro atoms. The first kappa shape index (κ1) is 15.1. The van der Waals surface area contributed by atoms with Gasteiger partial charge in [-0.1, -0.05) is 24.3 Å². The van der Waals surface area contributed by atoms with Crippen molar-refractivity contribution >= 4 is 0 Å². The molecule has 3 rings (SSSR count). The molecule has 0 aromatic heterocycles. The molecule has 23 heavy (non-hydrogen) atoms. The zero-order chi connectivity index (χ0) is 16.2.